The highest BCUT2D eigenvalue weighted by Crippen LogP contribution is 2.20. The normalized spacial score (nSPS) is 12.2. The van der Waals surface area contributed by atoms with Crippen molar-refractivity contribution in [3.8, 4) is 5.75 Å². The van der Waals surface area contributed by atoms with E-state index in [0.29, 0.717) is 5.56 Å². The lowest BCUT2D eigenvalue weighted by Gasteiger charge is -2.13. The van der Waals surface area contributed by atoms with Gasteiger partial charge in [0.25, 0.3) is 0 Å². The van der Waals surface area contributed by atoms with E-state index in [0.717, 1.165) is 0 Å². The molecular formula is C11H14FNO3. The molecule has 4 nitrogen and oxygen atoms in total. The molecule has 88 valence electrons. The Hall–Kier alpha value is -1.62. The molecule has 0 saturated heterocycles. The van der Waals surface area contributed by atoms with Gasteiger partial charge in [0.1, 0.15) is 0 Å². The van der Waals surface area contributed by atoms with E-state index in [4.69, 9.17) is 15.6 Å². The summed E-state index contributed by atoms with van der Waals surface area (Å²) in [6, 6.07) is 4.24. The first kappa shape index (κ1) is 12.4. The van der Waals surface area contributed by atoms with Crippen molar-refractivity contribution in [1.29, 1.82) is 0 Å². The number of aliphatic carboxylic acids is 1. The largest absolute Gasteiger partial charge is 0.479 e. The summed E-state index contributed by atoms with van der Waals surface area (Å²) in [6.45, 7) is 1.89. The Labute approximate surface area is 92.8 Å². The summed E-state index contributed by atoms with van der Waals surface area (Å²) in [5.74, 6) is -1.76. The van der Waals surface area contributed by atoms with Gasteiger partial charge in [0.2, 0.25) is 0 Å². The van der Waals surface area contributed by atoms with Crippen LogP contribution in [0.5, 0.6) is 5.75 Å². The second-order valence-electron chi connectivity index (χ2n) is 3.32. The quantitative estimate of drug-likeness (QED) is 0.800. The molecule has 1 aromatic rings. The third kappa shape index (κ3) is 2.93. The Morgan fingerprint density at radius 1 is 1.62 bits per heavy atom. The van der Waals surface area contributed by atoms with Crippen LogP contribution in [0.2, 0.25) is 0 Å². The second-order valence-corrected chi connectivity index (χ2v) is 3.32. The molecule has 0 aliphatic rings. The van der Waals surface area contributed by atoms with E-state index < -0.39 is 17.9 Å². The van der Waals surface area contributed by atoms with Crippen LogP contribution in [0.1, 0.15) is 18.9 Å². The van der Waals surface area contributed by atoms with E-state index in [9.17, 15) is 9.18 Å². The summed E-state index contributed by atoms with van der Waals surface area (Å²) in [5, 5.41) is 8.76. The lowest BCUT2D eigenvalue weighted by Crippen LogP contribution is -2.26. The fourth-order valence-corrected chi connectivity index (χ4v) is 1.23. The van der Waals surface area contributed by atoms with E-state index in [1.165, 1.54) is 12.1 Å². The zero-order chi connectivity index (χ0) is 12.1. The van der Waals surface area contributed by atoms with Crippen molar-refractivity contribution in [3.05, 3.63) is 29.6 Å². The smallest absolute Gasteiger partial charge is 0.344 e. The molecule has 5 heteroatoms. The molecule has 1 atom stereocenters. The monoisotopic (exact) mass is 227 g/mol. The van der Waals surface area contributed by atoms with E-state index in [-0.39, 0.29) is 18.7 Å². The first-order chi connectivity index (χ1) is 7.58. The fraction of sp³-hybridized carbons (Fsp3) is 0.364. The van der Waals surface area contributed by atoms with Crippen LogP contribution in [0.25, 0.3) is 0 Å². The molecule has 0 amide bonds. The summed E-state index contributed by atoms with van der Waals surface area (Å²) in [7, 11) is 0. The van der Waals surface area contributed by atoms with Gasteiger partial charge in [-0.3, -0.25) is 0 Å². The molecule has 0 aromatic heterocycles. The number of carbonyl (C=O) groups is 1. The Morgan fingerprint density at radius 2 is 2.31 bits per heavy atom. The third-order valence-corrected chi connectivity index (χ3v) is 2.15. The van der Waals surface area contributed by atoms with Crippen molar-refractivity contribution < 1.29 is 19.0 Å². The van der Waals surface area contributed by atoms with Crippen molar-refractivity contribution in [2.24, 2.45) is 5.73 Å². The lowest BCUT2D eigenvalue weighted by molar-refractivity contribution is -0.145. The van der Waals surface area contributed by atoms with Crippen LogP contribution in [-0.2, 0) is 11.3 Å². The third-order valence-electron chi connectivity index (χ3n) is 2.15. The molecule has 1 aromatic carbocycles. The van der Waals surface area contributed by atoms with Crippen molar-refractivity contribution in [2.45, 2.75) is 26.0 Å². The molecule has 0 heterocycles. The molecule has 1 unspecified atom stereocenters. The summed E-state index contributed by atoms with van der Waals surface area (Å²) in [6.07, 6.45) is -0.758. The van der Waals surface area contributed by atoms with E-state index in [2.05, 4.69) is 0 Å². The number of rotatable bonds is 5. The number of nitrogens with two attached hydrogens (primary N) is 1. The predicted molar refractivity (Wildman–Crippen MR) is 56.6 cm³/mol. The molecule has 0 spiro atoms. The molecule has 16 heavy (non-hydrogen) atoms. The molecule has 1 rings (SSSR count). The standard InChI is InChI=1S/C11H14FNO3/c1-2-9(11(14)15)16-10-4-3-7(6-13)5-8(10)12/h3-5,9H,2,6,13H2,1H3,(H,14,15). The minimum Gasteiger partial charge on any atom is -0.479 e. The number of benzene rings is 1. The van der Waals surface area contributed by atoms with E-state index >= 15 is 0 Å². The van der Waals surface area contributed by atoms with Gasteiger partial charge < -0.3 is 15.6 Å². The van der Waals surface area contributed by atoms with Crippen molar-refractivity contribution in [3.63, 3.8) is 0 Å². The van der Waals surface area contributed by atoms with Gasteiger partial charge in [0, 0.05) is 6.54 Å². The molecule has 0 aliphatic heterocycles. The zero-order valence-corrected chi connectivity index (χ0v) is 8.94. The average Bonchev–Trinajstić information content (AvgIpc) is 2.26. The van der Waals surface area contributed by atoms with Gasteiger partial charge in [0.05, 0.1) is 0 Å². The van der Waals surface area contributed by atoms with Crippen LogP contribution < -0.4 is 10.5 Å². The summed E-state index contributed by atoms with van der Waals surface area (Å²) in [4.78, 5) is 10.7. The molecule has 3 N–H and O–H groups in total. The highest BCUT2D eigenvalue weighted by atomic mass is 19.1. The maximum atomic E-state index is 13.4. The van der Waals surface area contributed by atoms with Crippen LogP contribution in [-0.4, -0.2) is 17.2 Å². The maximum Gasteiger partial charge on any atom is 0.344 e. The molecule has 0 bridgehead atoms. The van der Waals surface area contributed by atoms with Crippen LogP contribution >= 0.6 is 0 Å². The van der Waals surface area contributed by atoms with Crippen LogP contribution in [0.4, 0.5) is 4.39 Å². The van der Waals surface area contributed by atoms with E-state index in [1.54, 1.807) is 13.0 Å². The Balaban J connectivity index is 2.84. The van der Waals surface area contributed by atoms with Crippen molar-refractivity contribution in [2.75, 3.05) is 0 Å². The SMILES string of the molecule is CCC(Oc1ccc(CN)cc1F)C(=O)O. The first-order valence-corrected chi connectivity index (χ1v) is 4.96. The number of halogens is 1. The highest BCUT2D eigenvalue weighted by Gasteiger charge is 2.18. The van der Waals surface area contributed by atoms with Crippen molar-refractivity contribution >= 4 is 5.97 Å². The van der Waals surface area contributed by atoms with Crippen LogP contribution in [0, 0.1) is 5.82 Å². The molecule has 0 fully saturated rings. The highest BCUT2D eigenvalue weighted by molar-refractivity contribution is 5.72. The number of hydrogen-bond acceptors (Lipinski definition) is 3. The van der Waals surface area contributed by atoms with Gasteiger partial charge in [-0.2, -0.15) is 0 Å². The van der Waals surface area contributed by atoms with Gasteiger partial charge in [-0.1, -0.05) is 13.0 Å². The molecule has 0 saturated carbocycles. The van der Waals surface area contributed by atoms with Crippen molar-refractivity contribution in [1.82, 2.24) is 0 Å². The Bertz CT molecular complexity index is 381. The number of hydrogen-bond donors (Lipinski definition) is 2. The lowest BCUT2D eigenvalue weighted by atomic mass is 10.2. The molecule has 0 radical (unpaired) electrons. The molecule has 0 aliphatic carbocycles. The predicted octanol–water partition coefficient (Wildman–Crippen LogP) is 1.53. The minimum absolute atomic E-state index is 0.0635. The number of ether oxygens (including phenoxy) is 1. The van der Waals surface area contributed by atoms with Gasteiger partial charge in [-0.15, -0.1) is 0 Å². The number of carboxylic acids is 1. The Morgan fingerprint density at radius 3 is 2.75 bits per heavy atom. The number of carboxylic acid groups (broad SMARTS) is 1. The van der Waals surface area contributed by atoms with Crippen LogP contribution in [0.15, 0.2) is 18.2 Å². The van der Waals surface area contributed by atoms with Gasteiger partial charge in [-0.05, 0) is 24.1 Å². The summed E-state index contributed by atoms with van der Waals surface area (Å²) in [5.41, 5.74) is 5.98. The average molecular weight is 227 g/mol. The molecular weight excluding hydrogens is 213 g/mol. The minimum atomic E-state index is -1.11. The van der Waals surface area contributed by atoms with Gasteiger partial charge >= 0.3 is 5.97 Å². The zero-order valence-electron chi connectivity index (χ0n) is 8.94. The summed E-state index contributed by atoms with van der Waals surface area (Å²) < 4.78 is 18.5. The Kier molecular flexibility index (Phi) is 4.25. The van der Waals surface area contributed by atoms with Gasteiger partial charge in [0.15, 0.2) is 17.7 Å². The fourth-order valence-electron chi connectivity index (χ4n) is 1.23. The summed E-state index contributed by atoms with van der Waals surface area (Å²) >= 11 is 0. The van der Waals surface area contributed by atoms with E-state index in [1.807, 2.05) is 0 Å². The first-order valence-electron chi connectivity index (χ1n) is 4.96. The second kappa shape index (κ2) is 5.46. The topological polar surface area (TPSA) is 72.5 Å². The maximum absolute atomic E-state index is 13.4. The van der Waals surface area contributed by atoms with Crippen LogP contribution in [0.3, 0.4) is 0 Å². The van der Waals surface area contributed by atoms with Gasteiger partial charge in [-0.25, -0.2) is 9.18 Å².